The average Bonchev–Trinajstić information content (AvgIpc) is 2.87. The molecular weight excluding hydrogens is 382 g/mol. The first-order valence-corrected chi connectivity index (χ1v) is 8.94. The number of hydrogen-bond acceptors (Lipinski definition) is 3. The number of para-hydroxylation sites is 1. The van der Waals surface area contributed by atoms with E-state index in [9.17, 15) is 4.79 Å². The second-order valence-corrected chi connectivity index (χ2v) is 6.62. The fourth-order valence-electron chi connectivity index (χ4n) is 3.08. The number of carbonyl (C=O) groups excluding carboxylic acids is 1. The van der Waals surface area contributed by atoms with Crippen LogP contribution in [-0.2, 0) is 4.79 Å². The van der Waals surface area contributed by atoms with Crippen molar-refractivity contribution in [2.75, 3.05) is 25.7 Å². The molecule has 0 fully saturated rings. The van der Waals surface area contributed by atoms with Crippen LogP contribution < -0.4 is 14.4 Å². The molecule has 0 bridgehead atoms. The van der Waals surface area contributed by atoms with Crippen molar-refractivity contribution < 1.29 is 14.3 Å². The molecule has 0 unspecified atom stereocenters. The van der Waals surface area contributed by atoms with Crippen LogP contribution in [0.25, 0.3) is 11.6 Å². The number of hydrogen-bond donors (Lipinski definition) is 0. The number of nitrogens with zero attached hydrogens (tertiary/aromatic N) is 1. The SMILES string of the molecule is CCCN1C(=O)/C(=C\c2cc(Br)c(OC)c(OC)c2)c2ccccc21. The normalized spacial score (nSPS) is 14.8. The highest BCUT2D eigenvalue weighted by atomic mass is 79.9. The maximum atomic E-state index is 12.9. The van der Waals surface area contributed by atoms with Gasteiger partial charge in [0.15, 0.2) is 11.5 Å². The monoisotopic (exact) mass is 401 g/mol. The van der Waals surface area contributed by atoms with E-state index in [1.807, 2.05) is 47.4 Å². The molecule has 3 rings (SSSR count). The van der Waals surface area contributed by atoms with Gasteiger partial charge in [0, 0.05) is 17.7 Å². The van der Waals surface area contributed by atoms with Crippen molar-refractivity contribution in [1.29, 1.82) is 0 Å². The molecule has 1 amide bonds. The number of ether oxygens (including phenoxy) is 2. The van der Waals surface area contributed by atoms with Gasteiger partial charge in [-0.05, 0) is 52.2 Å². The Morgan fingerprint density at radius 3 is 2.60 bits per heavy atom. The third-order valence-corrected chi connectivity index (χ3v) is 4.76. The van der Waals surface area contributed by atoms with Crippen LogP contribution in [-0.4, -0.2) is 26.7 Å². The van der Waals surface area contributed by atoms with Gasteiger partial charge >= 0.3 is 0 Å². The van der Waals surface area contributed by atoms with Crippen LogP contribution in [0, 0.1) is 0 Å². The minimum absolute atomic E-state index is 0.0361. The van der Waals surface area contributed by atoms with Gasteiger partial charge in [-0.3, -0.25) is 4.79 Å². The van der Waals surface area contributed by atoms with Gasteiger partial charge in [0.2, 0.25) is 0 Å². The van der Waals surface area contributed by atoms with Crippen molar-refractivity contribution >= 4 is 39.2 Å². The van der Waals surface area contributed by atoms with Gasteiger partial charge in [-0.1, -0.05) is 25.1 Å². The minimum Gasteiger partial charge on any atom is -0.493 e. The summed E-state index contributed by atoms with van der Waals surface area (Å²) in [6.07, 6.45) is 2.82. The number of anilines is 1. The molecule has 0 N–H and O–H groups in total. The highest BCUT2D eigenvalue weighted by Gasteiger charge is 2.31. The van der Waals surface area contributed by atoms with Gasteiger partial charge < -0.3 is 14.4 Å². The van der Waals surface area contributed by atoms with Crippen molar-refractivity contribution in [3.8, 4) is 11.5 Å². The van der Waals surface area contributed by atoms with Crippen molar-refractivity contribution in [2.24, 2.45) is 0 Å². The lowest BCUT2D eigenvalue weighted by Crippen LogP contribution is -2.26. The highest BCUT2D eigenvalue weighted by Crippen LogP contribution is 2.40. The zero-order chi connectivity index (χ0) is 18.0. The summed E-state index contributed by atoms with van der Waals surface area (Å²) in [5.41, 5.74) is 3.51. The Morgan fingerprint density at radius 2 is 1.92 bits per heavy atom. The summed E-state index contributed by atoms with van der Waals surface area (Å²) in [5.74, 6) is 1.29. The summed E-state index contributed by atoms with van der Waals surface area (Å²) in [6.45, 7) is 2.78. The van der Waals surface area contributed by atoms with E-state index in [0.29, 0.717) is 23.6 Å². The van der Waals surface area contributed by atoms with Gasteiger partial charge in [0.05, 0.1) is 24.4 Å². The van der Waals surface area contributed by atoms with Crippen molar-refractivity contribution in [3.63, 3.8) is 0 Å². The van der Waals surface area contributed by atoms with E-state index in [4.69, 9.17) is 9.47 Å². The molecule has 5 heteroatoms. The van der Waals surface area contributed by atoms with E-state index in [-0.39, 0.29) is 5.91 Å². The molecule has 4 nitrogen and oxygen atoms in total. The molecule has 0 radical (unpaired) electrons. The Morgan fingerprint density at radius 1 is 1.16 bits per heavy atom. The molecule has 0 atom stereocenters. The lowest BCUT2D eigenvalue weighted by atomic mass is 10.0. The molecule has 1 aliphatic rings. The van der Waals surface area contributed by atoms with Crippen LogP contribution in [0.1, 0.15) is 24.5 Å². The molecule has 0 saturated heterocycles. The summed E-state index contributed by atoms with van der Waals surface area (Å²) in [5, 5.41) is 0. The smallest absolute Gasteiger partial charge is 0.258 e. The van der Waals surface area contributed by atoms with Crippen LogP contribution >= 0.6 is 15.9 Å². The van der Waals surface area contributed by atoms with E-state index >= 15 is 0 Å². The molecule has 2 aromatic rings. The molecule has 25 heavy (non-hydrogen) atoms. The fraction of sp³-hybridized carbons (Fsp3) is 0.250. The topological polar surface area (TPSA) is 38.8 Å². The van der Waals surface area contributed by atoms with E-state index in [2.05, 4.69) is 22.9 Å². The number of methoxy groups -OCH3 is 2. The van der Waals surface area contributed by atoms with Gasteiger partial charge in [0.1, 0.15) is 0 Å². The summed E-state index contributed by atoms with van der Waals surface area (Å²) in [6, 6.07) is 11.7. The number of carbonyl (C=O) groups is 1. The minimum atomic E-state index is 0.0361. The molecule has 0 aromatic heterocycles. The van der Waals surface area contributed by atoms with Crippen LogP contribution in [0.3, 0.4) is 0 Å². The highest BCUT2D eigenvalue weighted by molar-refractivity contribution is 9.10. The zero-order valence-electron chi connectivity index (χ0n) is 14.5. The molecule has 2 aromatic carbocycles. The third kappa shape index (κ3) is 3.16. The van der Waals surface area contributed by atoms with E-state index in [1.165, 1.54) is 0 Å². The molecule has 1 aliphatic heterocycles. The molecule has 1 heterocycles. The van der Waals surface area contributed by atoms with E-state index < -0.39 is 0 Å². The molecule has 0 spiro atoms. The second kappa shape index (κ2) is 7.31. The number of amides is 1. The second-order valence-electron chi connectivity index (χ2n) is 5.77. The summed E-state index contributed by atoms with van der Waals surface area (Å²) in [7, 11) is 3.19. The van der Waals surface area contributed by atoms with Gasteiger partial charge in [0.25, 0.3) is 5.91 Å². The van der Waals surface area contributed by atoms with Crippen LogP contribution in [0.4, 0.5) is 5.69 Å². The Bertz CT molecular complexity index is 845. The fourth-order valence-corrected chi connectivity index (χ4v) is 3.70. The lowest BCUT2D eigenvalue weighted by molar-refractivity contribution is -0.113. The molecular formula is C20H20BrNO3. The Hall–Kier alpha value is -2.27. The summed E-state index contributed by atoms with van der Waals surface area (Å²) in [4.78, 5) is 14.8. The lowest BCUT2D eigenvalue weighted by Gasteiger charge is -2.15. The Labute approximate surface area is 156 Å². The molecule has 130 valence electrons. The quantitative estimate of drug-likeness (QED) is 0.677. The number of benzene rings is 2. The van der Waals surface area contributed by atoms with Crippen molar-refractivity contribution in [3.05, 3.63) is 52.0 Å². The van der Waals surface area contributed by atoms with Crippen LogP contribution in [0.5, 0.6) is 11.5 Å². The van der Waals surface area contributed by atoms with Crippen LogP contribution in [0.2, 0.25) is 0 Å². The van der Waals surface area contributed by atoms with Crippen LogP contribution in [0.15, 0.2) is 40.9 Å². The number of halogens is 1. The Balaban J connectivity index is 2.10. The van der Waals surface area contributed by atoms with E-state index in [1.54, 1.807) is 14.2 Å². The summed E-state index contributed by atoms with van der Waals surface area (Å²) >= 11 is 3.50. The first-order chi connectivity index (χ1) is 12.1. The first kappa shape index (κ1) is 17.5. The number of rotatable bonds is 5. The summed E-state index contributed by atoms with van der Waals surface area (Å²) < 4.78 is 11.5. The Kier molecular flexibility index (Phi) is 5.13. The molecule has 0 aliphatic carbocycles. The number of fused-ring (bicyclic) bond motifs is 1. The van der Waals surface area contributed by atoms with E-state index in [0.717, 1.165) is 27.7 Å². The van der Waals surface area contributed by atoms with Gasteiger partial charge in [-0.25, -0.2) is 0 Å². The maximum absolute atomic E-state index is 12.9. The van der Waals surface area contributed by atoms with Gasteiger partial charge in [-0.15, -0.1) is 0 Å². The first-order valence-electron chi connectivity index (χ1n) is 8.15. The standard InChI is InChI=1S/C20H20BrNO3/c1-4-9-22-17-8-6-5-7-14(17)15(20(22)23)10-13-11-16(21)19(25-3)18(12-13)24-2/h5-8,10-12H,4,9H2,1-3H3/b15-10-. The van der Waals surface area contributed by atoms with Crippen molar-refractivity contribution in [2.45, 2.75) is 13.3 Å². The predicted molar refractivity (Wildman–Crippen MR) is 104 cm³/mol. The maximum Gasteiger partial charge on any atom is 0.258 e. The zero-order valence-corrected chi connectivity index (χ0v) is 16.1. The van der Waals surface area contributed by atoms with Crippen molar-refractivity contribution in [1.82, 2.24) is 0 Å². The largest absolute Gasteiger partial charge is 0.493 e. The average molecular weight is 402 g/mol. The predicted octanol–water partition coefficient (Wildman–Crippen LogP) is 4.76. The van der Waals surface area contributed by atoms with Gasteiger partial charge in [-0.2, -0.15) is 0 Å². The third-order valence-electron chi connectivity index (χ3n) is 4.17. The molecule has 0 saturated carbocycles.